The van der Waals surface area contributed by atoms with Crippen LogP contribution in [0.1, 0.15) is 11.3 Å². The lowest BCUT2D eigenvalue weighted by Gasteiger charge is -2.27. The topological polar surface area (TPSA) is 51.0 Å². The third-order valence-corrected chi connectivity index (χ3v) is 4.76. The Morgan fingerprint density at radius 1 is 1.08 bits per heavy atom. The van der Waals surface area contributed by atoms with Crippen molar-refractivity contribution < 1.29 is 4.79 Å². The summed E-state index contributed by atoms with van der Waals surface area (Å²) in [4.78, 5) is 18.1. The Morgan fingerprint density at radius 2 is 1.81 bits per heavy atom. The molecule has 1 aliphatic heterocycles. The van der Waals surface area contributed by atoms with Crippen LogP contribution in [-0.4, -0.2) is 32.1 Å². The molecule has 1 amide bonds. The van der Waals surface area contributed by atoms with Crippen molar-refractivity contribution in [1.82, 2.24) is 19.7 Å². The predicted octanol–water partition coefficient (Wildman–Crippen LogP) is 3.45. The Morgan fingerprint density at radius 3 is 2.50 bits per heavy atom. The fourth-order valence-electron chi connectivity index (χ4n) is 3.37. The summed E-state index contributed by atoms with van der Waals surface area (Å²) in [6.45, 7) is 7.54. The van der Waals surface area contributed by atoms with E-state index in [-0.39, 0.29) is 5.91 Å². The molecule has 0 N–H and O–H groups in total. The first-order valence-electron chi connectivity index (χ1n) is 8.66. The zero-order valence-electron chi connectivity index (χ0n) is 14.7. The maximum atomic E-state index is 12.1. The van der Waals surface area contributed by atoms with E-state index in [9.17, 15) is 4.79 Å². The van der Waals surface area contributed by atoms with Gasteiger partial charge >= 0.3 is 0 Å². The summed E-state index contributed by atoms with van der Waals surface area (Å²) >= 11 is 0. The van der Waals surface area contributed by atoms with Crippen molar-refractivity contribution >= 4 is 5.91 Å². The number of carbonyl (C=O) groups is 1. The van der Waals surface area contributed by atoms with Gasteiger partial charge in [-0.25, -0.2) is 0 Å². The number of fused-ring (bicyclic) bond motifs is 1. The van der Waals surface area contributed by atoms with Gasteiger partial charge in [0.15, 0.2) is 0 Å². The summed E-state index contributed by atoms with van der Waals surface area (Å²) in [7, 11) is 0. The number of hydrogen-bond donors (Lipinski definition) is 0. The second kappa shape index (κ2) is 6.59. The van der Waals surface area contributed by atoms with E-state index in [4.69, 9.17) is 5.10 Å². The molecule has 0 aliphatic carbocycles. The van der Waals surface area contributed by atoms with E-state index in [0.29, 0.717) is 19.6 Å². The Labute approximate surface area is 152 Å². The zero-order valence-corrected chi connectivity index (χ0v) is 14.7. The largest absolute Gasteiger partial charge is 0.331 e. The van der Waals surface area contributed by atoms with Gasteiger partial charge in [0.1, 0.15) is 5.69 Å². The number of benzene rings is 1. The van der Waals surface area contributed by atoms with Crippen LogP contribution in [0.15, 0.2) is 61.4 Å². The van der Waals surface area contributed by atoms with Crippen LogP contribution in [0, 0.1) is 6.92 Å². The lowest BCUT2D eigenvalue weighted by molar-refractivity contribution is -0.127. The van der Waals surface area contributed by atoms with Crippen LogP contribution in [0.3, 0.4) is 0 Å². The van der Waals surface area contributed by atoms with Crippen LogP contribution in [0.4, 0.5) is 0 Å². The van der Waals surface area contributed by atoms with Gasteiger partial charge in [0, 0.05) is 30.1 Å². The molecule has 0 spiro atoms. The Kier molecular flexibility index (Phi) is 4.13. The number of nitrogens with zero attached hydrogens (tertiary/aromatic N) is 4. The molecule has 0 unspecified atom stereocenters. The maximum Gasteiger partial charge on any atom is 0.246 e. The summed E-state index contributed by atoms with van der Waals surface area (Å²) < 4.78 is 2.03. The molecular weight excluding hydrogens is 324 g/mol. The van der Waals surface area contributed by atoms with E-state index in [2.05, 4.69) is 42.8 Å². The van der Waals surface area contributed by atoms with Crippen LogP contribution in [-0.2, 0) is 17.9 Å². The lowest BCUT2D eigenvalue weighted by atomic mass is 9.98. The first-order valence-corrected chi connectivity index (χ1v) is 8.66. The number of hydrogen-bond acceptors (Lipinski definition) is 3. The third-order valence-electron chi connectivity index (χ3n) is 4.76. The van der Waals surface area contributed by atoms with E-state index in [1.165, 1.54) is 11.6 Å². The molecule has 1 aliphatic rings. The number of carbonyl (C=O) groups excluding carboxylic acids is 1. The van der Waals surface area contributed by atoms with Crippen molar-refractivity contribution in [2.24, 2.45) is 0 Å². The van der Waals surface area contributed by atoms with Crippen molar-refractivity contribution in [2.75, 3.05) is 6.54 Å². The molecule has 0 saturated heterocycles. The fourth-order valence-corrected chi connectivity index (χ4v) is 3.37. The highest BCUT2D eigenvalue weighted by Gasteiger charge is 2.27. The highest BCUT2D eigenvalue weighted by molar-refractivity contribution is 5.88. The van der Waals surface area contributed by atoms with E-state index in [1.807, 2.05) is 21.7 Å². The molecule has 1 aromatic carbocycles. The Bertz CT molecular complexity index is 958. The van der Waals surface area contributed by atoms with Crippen LogP contribution >= 0.6 is 0 Å². The molecule has 0 atom stereocenters. The van der Waals surface area contributed by atoms with Crippen molar-refractivity contribution in [3.63, 3.8) is 0 Å². The highest BCUT2D eigenvalue weighted by Crippen LogP contribution is 2.36. The molecular formula is C21H20N4O. The van der Waals surface area contributed by atoms with Crippen LogP contribution < -0.4 is 0 Å². The van der Waals surface area contributed by atoms with Gasteiger partial charge in [0.2, 0.25) is 5.91 Å². The molecule has 5 heteroatoms. The predicted molar refractivity (Wildman–Crippen MR) is 101 cm³/mol. The van der Waals surface area contributed by atoms with E-state index in [0.717, 1.165) is 28.1 Å². The minimum atomic E-state index is -0.0463. The normalized spacial score (nSPS) is 13.3. The second-order valence-corrected chi connectivity index (χ2v) is 6.46. The number of amides is 1. The molecule has 5 nitrogen and oxygen atoms in total. The van der Waals surface area contributed by atoms with E-state index < -0.39 is 0 Å². The van der Waals surface area contributed by atoms with Crippen LogP contribution in [0.2, 0.25) is 0 Å². The minimum Gasteiger partial charge on any atom is -0.331 e. The monoisotopic (exact) mass is 344 g/mol. The summed E-state index contributed by atoms with van der Waals surface area (Å²) in [5.41, 5.74) is 6.41. The van der Waals surface area contributed by atoms with Gasteiger partial charge in [-0.15, -0.1) is 0 Å². The van der Waals surface area contributed by atoms with Gasteiger partial charge in [-0.1, -0.05) is 36.4 Å². The SMILES string of the molecule is C=CC(=O)N1CCn2nc(-c3ccc(C)cc3)c(-c3ccncc3)c2C1. The van der Waals surface area contributed by atoms with E-state index in [1.54, 1.807) is 12.4 Å². The molecule has 26 heavy (non-hydrogen) atoms. The average Bonchev–Trinajstić information content (AvgIpc) is 3.07. The summed E-state index contributed by atoms with van der Waals surface area (Å²) in [5.74, 6) is -0.0463. The fraction of sp³-hybridized carbons (Fsp3) is 0.190. The molecule has 2 aromatic heterocycles. The van der Waals surface area contributed by atoms with Gasteiger partial charge in [-0.05, 0) is 30.7 Å². The lowest BCUT2D eigenvalue weighted by Crippen LogP contribution is -2.37. The van der Waals surface area contributed by atoms with E-state index >= 15 is 0 Å². The summed E-state index contributed by atoms with van der Waals surface area (Å²) in [6.07, 6.45) is 4.95. The van der Waals surface area contributed by atoms with Crippen LogP contribution in [0.25, 0.3) is 22.4 Å². The molecule has 0 saturated carbocycles. The maximum absolute atomic E-state index is 12.1. The van der Waals surface area contributed by atoms with Crippen LogP contribution in [0.5, 0.6) is 0 Å². The minimum absolute atomic E-state index is 0.0463. The third kappa shape index (κ3) is 2.81. The first kappa shape index (κ1) is 16.3. The number of aryl methyl sites for hydroxylation is 1. The molecule has 3 heterocycles. The van der Waals surface area contributed by atoms with Crippen molar-refractivity contribution in [1.29, 1.82) is 0 Å². The van der Waals surface area contributed by atoms with Gasteiger partial charge in [0.25, 0.3) is 0 Å². The molecule has 4 rings (SSSR count). The number of rotatable bonds is 3. The van der Waals surface area contributed by atoms with Crippen molar-refractivity contribution in [3.05, 3.63) is 72.7 Å². The molecule has 3 aromatic rings. The van der Waals surface area contributed by atoms with Gasteiger partial charge in [0.05, 0.1) is 18.8 Å². The average molecular weight is 344 g/mol. The Balaban J connectivity index is 1.88. The molecule has 130 valence electrons. The van der Waals surface area contributed by atoms with Gasteiger partial charge in [-0.2, -0.15) is 5.10 Å². The van der Waals surface area contributed by atoms with Gasteiger partial charge in [-0.3, -0.25) is 14.5 Å². The highest BCUT2D eigenvalue weighted by atomic mass is 16.2. The molecule has 0 radical (unpaired) electrons. The quantitative estimate of drug-likeness (QED) is 0.684. The molecule has 0 fully saturated rings. The smallest absolute Gasteiger partial charge is 0.246 e. The summed E-state index contributed by atoms with van der Waals surface area (Å²) in [6, 6.07) is 12.4. The summed E-state index contributed by atoms with van der Waals surface area (Å²) in [5, 5.41) is 4.88. The van der Waals surface area contributed by atoms with Gasteiger partial charge < -0.3 is 4.90 Å². The molecule has 0 bridgehead atoms. The number of pyridine rings is 1. The second-order valence-electron chi connectivity index (χ2n) is 6.46. The standard InChI is InChI=1S/C21H20N4O/c1-3-19(26)24-12-13-25-18(14-24)20(16-8-10-22-11-9-16)21(23-25)17-6-4-15(2)5-7-17/h3-11H,1,12-14H2,2H3. The zero-order chi connectivity index (χ0) is 18.1. The Hall–Kier alpha value is -3.21. The van der Waals surface area contributed by atoms with Crippen molar-refractivity contribution in [2.45, 2.75) is 20.0 Å². The number of aromatic nitrogens is 3. The van der Waals surface area contributed by atoms with Crippen molar-refractivity contribution in [3.8, 4) is 22.4 Å². The first-order chi connectivity index (χ1) is 12.7.